The first-order chi connectivity index (χ1) is 11.3. The van der Waals surface area contributed by atoms with Gasteiger partial charge in [-0.15, -0.1) is 0 Å². The van der Waals surface area contributed by atoms with Gasteiger partial charge in [-0.25, -0.2) is 19.9 Å². The van der Waals surface area contributed by atoms with Crippen LogP contribution in [0.2, 0.25) is 0 Å². The predicted molar refractivity (Wildman–Crippen MR) is 90.7 cm³/mol. The number of hydrogen-bond donors (Lipinski definition) is 0. The van der Waals surface area contributed by atoms with Crippen molar-refractivity contribution in [2.45, 2.75) is 6.92 Å². The molecule has 0 unspecified atom stereocenters. The van der Waals surface area contributed by atoms with E-state index in [0.717, 1.165) is 48.6 Å². The molecule has 1 aliphatic heterocycles. The number of hydrogen-bond acceptors (Lipinski definition) is 6. The van der Waals surface area contributed by atoms with Crippen LogP contribution in [0.3, 0.4) is 0 Å². The lowest BCUT2D eigenvalue weighted by atomic mass is 10.2. The standard InChI is InChI=1S/C17H18N6/c1-13-9-19-17(20-10-13)23-6-4-22(5-7-23)15-2-3-16-14(8-15)11-18-12-21-16/h2-3,8-12H,4-7H2,1H3. The van der Waals surface area contributed by atoms with Gasteiger partial charge in [0.1, 0.15) is 6.33 Å². The van der Waals surface area contributed by atoms with E-state index in [1.165, 1.54) is 5.69 Å². The predicted octanol–water partition coefficient (Wildman–Crippen LogP) is 2.05. The molecule has 6 heteroatoms. The van der Waals surface area contributed by atoms with Crippen molar-refractivity contribution in [1.82, 2.24) is 19.9 Å². The van der Waals surface area contributed by atoms with E-state index in [2.05, 4.69) is 47.9 Å². The second-order valence-electron chi connectivity index (χ2n) is 5.80. The number of fused-ring (bicyclic) bond motifs is 1. The van der Waals surface area contributed by atoms with Crippen LogP contribution in [0.15, 0.2) is 43.1 Å². The molecule has 0 spiro atoms. The fraction of sp³-hybridized carbons (Fsp3) is 0.294. The molecule has 0 amide bonds. The molecule has 0 radical (unpaired) electrons. The van der Waals surface area contributed by atoms with E-state index in [-0.39, 0.29) is 0 Å². The summed E-state index contributed by atoms with van der Waals surface area (Å²) < 4.78 is 0. The molecule has 1 saturated heterocycles. The maximum atomic E-state index is 4.42. The molecule has 3 heterocycles. The summed E-state index contributed by atoms with van der Waals surface area (Å²) in [4.78, 5) is 21.8. The second kappa shape index (κ2) is 5.79. The Labute approximate surface area is 134 Å². The van der Waals surface area contributed by atoms with Gasteiger partial charge in [0, 0.05) is 55.8 Å². The van der Waals surface area contributed by atoms with Gasteiger partial charge in [0.2, 0.25) is 5.95 Å². The highest BCUT2D eigenvalue weighted by Crippen LogP contribution is 2.22. The molecule has 0 bridgehead atoms. The average Bonchev–Trinajstić information content (AvgIpc) is 2.62. The summed E-state index contributed by atoms with van der Waals surface area (Å²) in [6, 6.07) is 6.35. The summed E-state index contributed by atoms with van der Waals surface area (Å²) >= 11 is 0. The summed E-state index contributed by atoms with van der Waals surface area (Å²) in [5.74, 6) is 0.821. The van der Waals surface area contributed by atoms with Crippen molar-refractivity contribution in [3.63, 3.8) is 0 Å². The normalized spacial score (nSPS) is 15.2. The summed E-state index contributed by atoms with van der Waals surface area (Å²) in [5, 5.41) is 1.08. The first-order valence-electron chi connectivity index (χ1n) is 7.78. The fourth-order valence-corrected chi connectivity index (χ4v) is 2.88. The Bertz CT molecular complexity index is 809. The minimum atomic E-state index is 0.821. The number of benzene rings is 1. The molecule has 0 N–H and O–H groups in total. The van der Waals surface area contributed by atoms with E-state index < -0.39 is 0 Å². The summed E-state index contributed by atoms with van der Waals surface area (Å²) in [6.45, 7) is 5.76. The molecular formula is C17H18N6. The summed E-state index contributed by atoms with van der Waals surface area (Å²) in [7, 11) is 0. The van der Waals surface area contributed by atoms with E-state index in [1.807, 2.05) is 25.5 Å². The molecule has 2 aromatic heterocycles. The zero-order chi connectivity index (χ0) is 15.6. The van der Waals surface area contributed by atoms with Crippen LogP contribution in [0.5, 0.6) is 0 Å². The minimum Gasteiger partial charge on any atom is -0.368 e. The monoisotopic (exact) mass is 306 g/mol. The topological polar surface area (TPSA) is 58.0 Å². The SMILES string of the molecule is Cc1cnc(N2CCN(c3ccc4ncncc4c3)CC2)nc1. The number of aryl methyl sites for hydroxylation is 1. The van der Waals surface area contributed by atoms with E-state index in [9.17, 15) is 0 Å². The molecule has 23 heavy (non-hydrogen) atoms. The van der Waals surface area contributed by atoms with Gasteiger partial charge in [-0.2, -0.15) is 0 Å². The highest BCUT2D eigenvalue weighted by molar-refractivity contribution is 5.81. The van der Waals surface area contributed by atoms with Crippen molar-refractivity contribution in [2.24, 2.45) is 0 Å². The molecule has 0 atom stereocenters. The van der Waals surface area contributed by atoms with Gasteiger partial charge in [0.05, 0.1) is 5.52 Å². The zero-order valence-corrected chi connectivity index (χ0v) is 13.1. The Hall–Kier alpha value is -2.76. The molecule has 4 rings (SSSR count). The number of rotatable bonds is 2. The molecule has 1 aliphatic rings. The lowest BCUT2D eigenvalue weighted by molar-refractivity contribution is 0.640. The largest absolute Gasteiger partial charge is 0.368 e. The summed E-state index contributed by atoms with van der Waals surface area (Å²) in [6.07, 6.45) is 7.20. The second-order valence-corrected chi connectivity index (χ2v) is 5.80. The molecule has 0 aliphatic carbocycles. The number of nitrogens with zero attached hydrogens (tertiary/aromatic N) is 6. The highest BCUT2D eigenvalue weighted by atomic mass is 15.3. The lowest BCUT2D eigenvalue weighted by Gasteiger charge is -2.36. The quantitative estimate of drug-likeness (QED) is 0.722. The average molecular weight is 306 g/mol. The van der Waals surface area contributed by atoms with Gasteiger partial charge >= 0.3 is 0 Å². The van der Waals surface area contributed by atoms with E-state index in [0.29, 0.717) is 0 Å². The molecule has 6 nitrogen and oxygen atoms in total. The highest BCUT2D eigenvalue weighted by Gasteiger charge is 2.19. The first-order valence-corrected chi connectivity index (χ1v) is 7.78. The van der Waals surface area contributed by atoms with Gasteiger partial charge in [0.25, 0.3) is 0 Å². The van der Waals surface area contributed by atoms with Gasteiger partial charge in [0.15, 0.2) is 0 Å². The van der Waals surface area contributed by atoms with Crippen LogP contribution in [0, 0.1) is 6.92 Å². The molecule has 1 fully saturated rings. The van der Waals surface area contributed by atoms with Crippen LogP contribution in [-0.2, 0) is 0 Å². The Kier molecular flexibility index (Phi) is 3.49. The lowest BCUT2D eigenvalue weighted by Crippen LogP contribution is -2.47. The van der Waals surface area contributed by atoms with Crippen LogP contribution in [0.25, 0.3) is 10.9 Å². The van der Waals surface area contributed by atoms with Gasteiger partial charge in [-0.1, -0.05) is 0 Å². The summed E-state index contributed by atoms with van der Waals surface area (Å²) in [5.41, 5.74) is 3.29. The van der Waals surface area contributed by atoms with Crippen LogP contribution < -0.4 is 9.80 Å². The fourth-order valence-electron chi connectivity index (χ4n) is 2.88. The molecule has 3 aromatic rings. The molecule has 0 saturated carbocycles. The van der Waals surface area contributed by atoms with Crippen molar-refractivity contribution < 1.29 is 0 Å². The molecule has 1 aromatic carbocycles. The van der Waals surface area contributed by atoms with Crippen molar-refractivity contribution in [3.05, 3.63) is 48.7 Å². The maximum Gasteiger partial charge on any atom is 0.225 e. The van der Waals surface area contributed by atoms with Gasteiger partial charge in [-0.05, 0) is 30.7 Å². The maximum absolute atomic E-state index is 4.42. The van der Waals surface area contributed by atoms with E-state index in [4.69, 9.17) is 0 Å². The van der Waals surface area contributed by atoms with Crippen molar-refractivity contribution in [1.29, 1.82) is 0 Å². The first kappa shape index (κ1) is 13.9. The van der Waals surface area contributed by atoms with Crippen LogP contribution >= 0.6 is 0 Å². The van der Waals surface area contributed by atoms with E-state index >= 15 is 0 Å². The van der Waals surface area contributed by atoms with Crippen molar-refractivity contribution in [2.75, 3.05) is 36.0 Å². The third-order valence-electron chi connectivity index (χ3n) is 4.18. The zero-order valence-electron chi connectivity index (χ0n) is 13.1. The Balaban J connectivity index is 1.49. The Morgan fingerprint density at radius 3 is 2.39 bits per heavy atom. The number of aromatic nitrogens is 4. The van der Waals surface area contributed by atoms with Crippen molar-refractivity contribution in [3.8, 4) is 0 Å². The van der Waals surface area contributed by atoms with E-state index in [1.54, 1.807) is 6.33 Å². The van der Waals surface area contributed by atoms with Crippen LogP contribution in [-0.4, -0.2) is 46.1 Å². The number of anilines is 2. The third kappa shape index (κ3) is 2.79. The number of piperazine rings is 1. The Morgan fingerprint density at radius 2 is 1.61 bits per heavy atom. The van der Waals surface area contributed by atoms with Crippen LogP contribution in [0.4, 0.5) is 11.6 Å². The third-order valence-corrected chi connectivity index (χ3v) is 4.18. The van der Waals surface area contributed by atoms with Crippen LogP contribution in [0.1, 0.15) is 5.56 Å². The smallest absolute Gasteiger partial charge is 0.225 e. The minimum absolute atomic E-state index is 0.821. The van der Waals surface area contributed by atoms with Gasteiger partial charge in [-0.3, -0.25) is 0 Å². The Morgan fingerprint density at radius 1 is 0.870 bits per heavy atom. The van der Waals surface area contributed by atoms with Gasteiger partial charge < -0.3 is 9.80 Å². The molecule has 116 valence electrons. The van der Waals surface area contributed by atoms with Crippen molar-refractivity contribution >= 4 is 22.5 Å². The molecular weight excluding hydrogens is 288 g/mol.